The van der Waals surface area contributed by atoms with Crippen molar-refractivity contribution in [2.24, 2.45) is 0 Å². The molecular formula is C21H25N3O4. The number of nitro groups is 1. The summed E-state index contributed by atoms with van der Waals surface area (Å²) in [5.74, 6) is -0.318. The Kier molecular flexibility index (Phi) is 6.38. The lowest BCUT2D eigenvalue weighted by Crippen LogP contribution is -2.43. The molecule has 7 heteroatoms. The van der Waals surface area contributed by atoms with E-state index in [1.54, 1.807) is 19.1 Å². The zero-order valence-corrected chi connectivity index (χ0v) is 16.2. The van der Waals surface area contributed by atoms with Crippen LogP contribution in [0.4, 0.5) is 5.69 Å². The van der Waals surface area contributed by atoms with Crippen molar-refractivity contribution in [1.29, 1.82) is 0 Å². The summed E-state index contributed by atoms with van der Waals surface area (Å²) in [7, 11) is 0. The SMILES string of the molecule is Cc1ccc([C@H](CN2CCOCC2)NC(=O)c2ccc(C)c([N+](=O)[O-])c2)cc1. The van der Waals surface area contributed by atoms with E-state index in [9.17, 15) is 14.9 Å². The minimum atomic E-state index is -0.461. The van der Waals surface area contributed by atoms with Gasteiger partial charge in [-0.1, -0.05) is 35.9 Å². The van der Waals surface area contributed by atoms with Crippen LogP contribution < -0.4 is 5.32 Å². The molecule has 0 aliphatic carbocycles. The first kappa shape index (κ1) is 20.0. The Bertz CT molecular complexity index is 845. The number of nitrogens with one attached hydrogen (secondary N) is 1. The third-order valence-corrected chi connectivity index (χ3v) is 5.00. The molecule has 3 rings (SSSR count). The van der Waals surface area contributed by atoms with Crippen molar-refractivity contribution in [2.75, 3.05) is 32.8 Å². The zero-order chi connectivity index (χ0) is 20.1. The van der Waals surface area contributed by atoms with E-state index in [1.807, 2.05) is 31.2 Å². The Morgan fingerprint density at radius 3 is 2.50 bits per heavy atom. The van der Waals surface area contributed by atoms with Crippen LogP contribution in [0.2, 0.25) is 0 Å². The van der Waals surface area contributed by atoms with Gasteiger partial charge in [-0.3, -0.25) is 19.8 Å². The fraction of sp³-hybridized carbons (Fsp3) is 0.381. The van der Waals surface area contributed by atoms with Crippen LogP contribution in [0.3, 0.4) is 0 Å². The maximum atomic E-state index is 12.8. The van der Waals surface area contributed by atoms with Crippen molar-refractivity contribution in [1.82, 2.24) is 10.2 Å². The molecule has 0 unspecified atom stereocenters. The monoisotopic (exact) mass is 383 g/mol. The third-order valence-electron chi connectivity index (χ3n) is 5.00. The van der Waals surface area contributed by atoms with E-state index < -0.39 is 4.92 Å². The minimum Gasteiger partial charge on any atom is -0.379 e. The molecule has 1 amide bonds. The van der Waals surface area contributed by atoms with Crippen LogP contribution in [-0.2, 0) is 4.74 Å². The number of rotatable bonds is 6. The number of nitro benzene ring substituents is 1. The fourth-order valence-corrected chi connectivity index (χ4v) is 3.26. The Labute approximate surface area is 164 Å². The summed E-state index contributed by atoms with van der Waals surface area (Å²) < 4.78 is 5.41. The smallest absolute Gasteiger partial charge is 0.273 e. The zero-order valence-electron chi connectivity index (χ0n) is 16.2. The molecule has 2 aromatic carbocycles. The third kappa shape index (κ3) is 4.94. The molecule has 148 valence electrons. The number of carbonyl (C=O) groups is 1. The summed E-state index contributed by atoms with van der Waals surface area (Å²) in [5, 5.41) is 14.2. The predicted molar refractivity (Wildman–Crippen MR) is 106 cm³/mol. The van der Waals surface area contributed by atoms with Crippen molar-refractivity contribution >= 4 is 11.6 Å². The van der Waals surface area contributed by atoms with Crippen LogP contribution in [0, 0.1) is 24.0 Å². The van der Waals surface area contributed by atoms with Crippen molar-refractivity contribution in [3.05, 3.63) is 74.8 Å². The first-order valence-electron chi connectivity index (χ1n) is 9.36. The highest BCUT2D eigenvalue weighted by molar-refractivity contribution is 5.95. The number of amides is 1. The van der Waals surface area contributed by atoms with Crippen LogP contribution in [0.25, 0.3) is 0 Å². The fourth-order valence-electron chi connectivity index (χ4n) is 3.26. The lowest BCUT2D eigenvalue weighted by atomic mass is 10.0. The van der Waals surface area contributed by atoms with E-state index in [2.05, 4.69) is 10.2 Å². The van der Waals surface area contributed by atoms with Crippen LogP contribution in [0.15, 0.2) is 42.5 Å². The maximum Gasteiger partial charge on any atom is 0.273 e. The van der Waals surface area contributed by atoms with Crippen LogP contribution in [0.5, 0.6) is 0 Å². The predicted octanol–water partition coefficient (Wildman–Crippen LogP) is 3.01. The molecule has 0 aromatic heterocycles. The molecule has 28 heavy (non-hydrogen) atoms. The van der Waals surface area contributed by atoms with E-state index in [0.717, 1.165) is 24.2 Å². The normalized spacial score (nSPS) is 15.8. The van der Waals surface area contributed by atoms with Gasteiger partial charge in [-0.25, -0.2) is 0 Å². The molecular weight excluding hydrogens is 358 g/mol. The first-order chi connectivity index (χ1) is 13.4. The minimum absolute atomic E-state index is 0.0484. The van der Waals surface area contributed by atoms with Gasteiger partial charge < -0.3 is 10.1 Å². The summed E-state index contributed by atoms with van der Waals surface area (Å²) >= 11 is 0. The van der Waals surface area contributed by atoms with E-state index in [1.165, 1.54) is 6.07 Å². The second kappa shape index (κ2) is 8.95. The first-order valence-corrected chi connectivity index (χ1v) is 9.36. The molecule has 1 N–H and O–H groups in total. The summed E-state index contributed by atoms with van der Waals surface area (Å²) in [4.78, 5) is 25.8. The number of nitrogens with zero attached hydrogens (tertiary/aromatic N) is 2. The molecule has 0 spiro atoms. The van der Waals surface area contributed by atoms with Gasteiger partial charge >= 0.3 is 0 Å². The van der Waals surface area contributed by atoms with Crippen molar-refractivity contribution in [3.63, 3.8) is 0 Å². The standard InChI is InChI=1S/C21H25N3O4/c1-15-3-6-17(7-4-15)19(14-23-9-11-28-12-10-23)22-21(25)18-8-5-16(2)20(13-18)24(26)27/h3-8,13,19H,9-12,14H2,1-2H3,(H,22,25)/t19-/m0/s1. The van der Waals surface area contributed by atoms with Crippen LogP contribution in [-0.4, -0.2) is 48.6 Å². The second-order valence-corrected chi connectivity index (χ2v) is 7.11. The highest BCUT2D eigenvalue weighted by Gasteiger charge is 2.22. The molecule has 0 bridgehead atoms. The van der Waals surface area contributed by atoms with Crippen LogP contribution >= 0.6 is 0 Å². The molecule has 1 atom stereocenters. The largest absolute Gasteiger partial charge is 0.379 e. The van der Waals surface area contributed by atoms with Gasteiger partial charge in [0.2, 0.25) is 0 Å². The number of morpholine rings is 1. The molecule has 1 aliphatic rings. The van der Waals surface area contributed by atoms with E-state index >= 15 is 0 Å². The summed E-state index contributed by atoms with van der Waals surface area (Å²) in [6.45, 7) is 7.32. The molecule has 0 saturated carbocycles. The van der Waals surface area contributed by atoms with Crippen LogP contribution in [0.1, 0.15) is 33.1 Å². The quantitative estimate of drug-likeness (QED) is 0.612. The molecule has 1 fully saturated rings. The Morgan fingerprint density at radius 1 is 1.18 bits per heavy atom. The van der Waals surface area contributed by atoms with Gasteiger partial charge in [0.25, 0.3) is 11.6 Å². The Balaban J connectivity index is 1.81. The second-order valence-electron chi connectivity index (χ2n) is 7.11. The topological polar surface area (TPSA) is 84.7 Å². The molecule has 1 heterocycles. The molecule has 0 radical (unpaired) electrons. The molecule has 1 saturated heterocycles. The van der Waals surface area contributed by atoms with Gasteiger partial charge in [-0.2, -0.15) is 0 Å². The van der Waals surface area contributed by atoms with Crippen molar-refractivity contribution in [3.8, 4) is 0 Å². The van der Waals surface area contributed by atoms with E-state index in [0.29, 0.717) is 25.3 Å². The number of benzene rings is 2. The van der Waals surface area contributed by atoms with E-state index in [-0.39, 0.29) is 23.2 Å². The molecule has 7 nitrogen and oxygen atoms in total. The van der Waals surface area contributed by atoms with Crippen molar-refractivity contribution in [2.45, 2.75) is 19.9 Å². The van der Waals surface area contributed by atoms with Crippen molar-refractivity contribution < 1.29 is 14.5 Å². The summed E-state index contributed by atoms with van der Waals surface area (Å²) in [6, 6.07) is 12.4. The Morgan fingerprint density at radius 2 is 1.86 bits per heavy atom. The Hall–Kier alpha value is -2.77. The average Bonchev–Trinajstić information content (AvgIpc) is 2.69. The van der Waals surface area contributed by atoms with E-state index in [4.69, 9.17) is 4.74 Å². The lowest BCUT2D eigenvalue weighted by molar-refractivity contribution is -0.385. The van der Waals surface area contributed by atoms with Gasteiger partial charge in [-0.05, 0) is 25.5 Å². The lowest BCUT2D eigenvalue weighted by Gasteiger charge is -2.31. The maximum absolute atomic E-state index is 12.8. The molecule has 2 aromatic rings. The average molecular weight is 383 g/mol. The van der Waals surface area contributed by atoms with Gasteiger partial charge in [-0.15, -0.1) is 0 Å². The highest BCUT2D eigenvalue weighted by Crippen LogP contribution is 2.21. The van der Waals surface area contributed by atoms with Gasteiger partial charge in [0, 0.05) is 36.8 Å². The van der Waals surface area contributed by atoms with Gasteiger partial charge in [0.05, 0.1) is 24.2 Å². The van der Waals surface area contributed by atoms with Gasteiger partial charge in [0.1, 0.15) is 0 Å². The number of hydrogen-bond acceptors (Lipinski definition) is 5. The number of aryl methyl sites for hydroxylation is 2. The number of hydrogen-bond donors (Lipinski definition) is 1. The summed E-state index contributed by atoms with van der Waals surface area (Å²) in [5.41, 5.74) is 2.93. The van der Waals surface area contributed by atoms with Gasteiger partial charge in [0.15, 0.2) is 0 Å². The highest BCUT2D eigenvalue weighted by atomic mass is 16.6. The number of ether oxygens (including phenoxy) is 1. The number of carbonyl (C=O) groups excluding carboxylic acids is 1. The molecule has 1 aliphatic heterocycles. The summed E-state index contributed by atoms with van der Waals surface area (Å²) in [6.07, 6.45) is 0.